The first-order chi connectivity index (χ1) is 12.5. The van der Waals surface area contributed by atoms with Gasteiger partial charge in [0.25, 0.3) is 0 Å². The van der Waals surface area contributed by atoms with E-state index in [1.807, 2.05) is 20.8 Å². The molecule has 0 aliphatic rings. The number of nitrogens with one attached hydrogen (secondary N) is 1. The van der Waals surface area contributed by atoms with Crippen LogP contribution in [-0.4, -0.2) is 41.5 Å². The molecule has 8 nitrogen and oxygen atoms in total. The molecular formula is C18H28N4O4S. The quantitative estimate of drug-likeness (QED) is 0.737. The minimum atomic E-state index is -3.77. The molecule has 0 saturated heterocycles. The van der Waals surface area contributed by atoms with Crippen LogP contribution < -0.4 is 5.32 Å². The monoisotopic (exact) mass is 396 g/mol. The average Bonchev–Trinajstić information content (AvgIpc) is 3.15. The van der Waals surface area contributed by atoms with Crippen LogP contribution in [0.15, 0.2) is 27.7 Å². The van der Waals surface area contributed by atoms with E-state index >= 15 is 0 Å². The molecule has 150 valence electrons. The Bertz CT molecular complexity index is 885. The highest BCUT2D eigenvalue weighted by atomic mass is 32.2. The fourth-order valence-corrected chi connectivity index (χ4v) is 4.17. The average molecular weight is 397 g/mol. The van der Waals surface area contributed by atoms with Gasteiger partial charge in [-0.3, -0.25) is 9.48 Å². The molecule has 0 radical (unpaired) electrons. The standard InChI is InChI=1S/C18H28N4O4S/c1-12(2)13(3)19-17(23)11-22-15(5)18(14(4)20-22)27(24,25)21(6)10-16-8-7-9-26-16/h7-9,12-13H,10-11H2,1-6H3,(H,19,23)/t13-/m0/s1. The van der Waals surface area contributed by atoms with E-state index in [1.165, 1.54) is 22.3 Å². The Morgan fingerprint density at radius 2 is 2.00 bits per heavy atom. The normalized spacial score (nSPS) is 13.3. The third-order valence-corrected chi connectivity index (χ3v) is 6.68. The first-order valence-electron chi connectivity index (χ1n) is 8.86. The van der Waals surface area contributed by atoms with Crippen molar-refractivity contribution in [3.63, 3.8) is 0 Å². The van der Waals surface area contributed by atoms with Crippen LogP contribution in [0, 0.1) is 19.8 Å². The zero-order valence-corrected chi connectivity index (χ0v) is 17.5. The molecule has 0 unspecified atom stereocenters. The number of amides is 1. The molecule has 1 atom stereocenters. The topological polar surface area (TPSA) is 97.4 Å². The second kappa shape index (κ2) is 8.26. The lowest BCUT2D eigenvalue weighted by atomic mass is 10.1. The first-order valence-corrected chi connectivity index (χ1v) is 10.3. The highest BCUT2D eigenvalue weighted by Gasteiger charge is 2.29. The first kappa shape index (κ1) is 21.2. The summed E-state index contributed by atoms with van der Waals surface area (Å²) in [5.74, 6) is 0.654. The van der Waals surface area contributed by atoms with Gasteiger partial charge in [-0.1, -0.05) is 13.8 Å². The number of nitrogens with zero attached hydrogens (tertiary/aromatic N) is 3. The van der Waals surface area contributed by atoms with Crippen LogP contribution >= 0.6 is 0 Å². The van der Waals surface area contributed by atoms with Crippen LogP contribution in [0.2, 0.25) is 0 Å². The van der Waals surface area contributed by atoms with Gasteiger partial charge in [0.15, 0.2) is 0 Å². The van der Waals surface area contributed by atoms with Gasteiger partial charge in [-0.2, -0.15) is 9.40 Å². The molecule has 0 aromatic carbocycles. The predicted molar refractivity (Wildman–Crippen MR) is 102 cm³/mol. The van der Waals surface area contributed by atoms with Gasteiger partial charge in [-0.05, 0) is 38.8 Å². The van der Waals surface area contributed by atoms with Crippen molar-refractivity contribution in [2.45, 2.75) is 58.6 Å². The van der Waals surface area contributed by atoms with Crippen molar-refractivity contribution >= 4 is 15.9 Å². The molecule has 9 heteroatoms. The number of hydrogen-bond donors (Lipinski definition) is 1. The van der Waals surface area contributed by atoms with Crippen molar-refractivity contribution in [2.24, 2.45) is 5.92 Å². The van der Waals surface area contributed by atoms with Crippen LogP contribution in [0.25, 0.3) is 0 Å². The zero-order chi connectivity index (χ0) is 20.4. The van der Waals surface area contributed by atoms with E-state index in [0.29, 0.717) is 23.1 Å². The Hall–Kier alpha value is -2.13. The Morgan fingerprint density at radius 3 is 2.56 bits per heavy atom. The third-order valence-electron chi connectivity index (χ3n) is 4.62. The summed E-state index contributed by atoms with van der Waals surface area (Å²) >= 11 is 0. The molecular weight excluding hydrogens is 368 g/mol. The van der Waals surface area contributed by atoms with E-state index in [9.17, 15) is 13.2 Å². The summed E-state index contributed by atoms with van der Waals surface area (Å²) in [5.41, 5.74) is 0.801. The molecule has 27 heavy (non-hydrogen) atoms. The molecule has 0 bridgehead atoms. The highest BCUT2D eigenvalue weighted by molar-refractivity contribution is 7.89. The number of sulfonamides is 1. The number of aromatic nitrogens is 2. The Morgan fingerprint density at radius 1 is 1.33 bits per heavy atom. The molecule has 0 fully saturated rings. The molecule has 2 aromatic heterocycles. The molecule has 0 aliphatic carbocycles. The fourth-order valence-electron chi connectivity index (χ4n) is 2.67. The highest BCUT2D eigenvalue weighted by Crippen LogP contribution is 2.24. The molecule has 0 aliphatic heterocycles. The van der Waals surface area contributed by atoms with E-state index in [4.69, 9.17) is 4.42 Å². The predicted octanol–water partition coefficient (Wildman–Crippen LogP) is 2.07. The van der Waals surface area contributed by atoms with Crippen LogP contribution in [0.4, 0.5) is 0 Å². The minimum absolute atomic E-state index is 0.0251. The number of carbonyl (C=O) groups excluding carboxylic acids is 1. The van der Waals surface area contributed by atoms with Gasteiger partial charge in [0.05, 0.1) is 24.2 Å². The van der Waals surface area contributed by atoms with Crippen molar-refractivity contribution in [1.29, 1.82) is 0 Å². The number of carbonyl (C=O) groups is 1. The van der Waals surface area contributed by atoms with Crippen molar-refractivity contribution in [1.82, 2.24) is 19.4 Å². The van der Waals surface area contributed by atoms with Gasteiger partial charge < -0.3 is 9.73 Å². The van der Waals surface area contributed by atoms with Gasteiger partial charge in [0, 0.05) is 13.1 Å². The summed E-state index contributed by atoms with van der Waals surface area (Å²) in [6.45, 7) is 9.36. The maximum Gasteiger partial charge on any atom is 0.246 e. The summed E-state index contributed by atoms with van der Waals surface area (Å²) in [6.07, 6.45) is 1.50. The van der Waals surface area contributed by atoms with Gasteiger partial charge >= 0.3 is 0 Å². The summed E-state index contributed by atoms with van der Waals surface area (Å²) in [4.78, 5) is 12.4. The van der Waals surface area contributed by atoms with Gasteiger partial charge in [-0.15, -0.1) is 0 Å². The van der Waals surface area contributed by atoms with Crippen LogP contribution in [0.3, 0.4) is 0 Å². The minimum Gasteiger partial charge on any atom is -0.468 e. The van der Waals surface area contributed by atoms with Gasteiger partial charge in [-0.25, -0.2) is 8.42 Å². The number of furan rings is 1. The number of aryl methyl sites for hydroxylation is 1. The van der Waals surface area contributed by atoms with Crippen LogP contribution in [0.1, 0.15) is 37.9 Å². The summed E-state index contributed by atoms with van der Waals surface area (Å²) in [6, 6.07) is 3.45. The van der Waals surface area contributed by atoms with Crippen molar-refractivity contribution in [3.8, 4) is 0 Å². The molecule has 1 amide bonds. The Balaban J connectivity index is 2.22. The Labute approximate surface area is 160 Å². The van der Waals surface area contributed by atoms with E-state index in [0.717, 1.165) is 0 Å². The fraction of sp³-hybridized carbons (Fsp3) is 0.556. The summed E-state index contributed by atoms with van der Waals surface area (Å²) in [7, 11) is -2.28. The van der Waals surface area contributed by atoms with Crippen molar-refractivity contribution < 1.29 is 17.6 Å². The van der Waals surface area contributed by atoms with Crippen LogP contribution in [-0.2, 0) is 27.9 Å². The molecule has 2 aromatic rings. The molecule has 2 heterocycles. The molecule has 0 saturated carbocycles. The SMILES string of the molecule is Cc1nn(CC(=O)N[C@@H](C)C(C)C)c(C)c1S(=O)(=O)N(C)Cc1ccco1. The second-order valence-electron chi connectivity index (χ2n) is 7.10. The second-order valence-corrected chi connectivity index (χ2v) is 9.08. The smallest absolute Gasteiger partial charge is 0.246 e. The largest absolute Gasteiger partial charge is 0.468 e. The maximum atomic E-state index is 13.0. The molecule has 0 spiro atoms. The zero-order valence-electron chi connectivity index (χ0n) is 16.7. The van der Waals surface area contributed by atoms with E-state index in [-0.39, 0.29) is 29.9 Å². The lowest BCUT2D eigenvalue weighted by Crippen LogP contribution is -2.38. The molecule has 2 rings (SSSR count). The maximum absolute atomic E-state index is 13.0. The van der Waals surface area contributed by atoms with Crippen molar-refractivity contribution in [2.75, 3.05) is 7.05 Å². The number of hydrogen-bond acceptors (Lipinski definition) is 5. The van der Waals surface area contributed by atoms with Gasteiger partial charge in [0.1, 0.15) is 17.2 Å². The molecule has 1 N–H and O–H groups in total. The third kappa shape index (κ3) is 4.78. The Kier molecular flexibility index (Phi) is 6.48. The summed E-state index contributed by atoms with van der Waals surface area (Å²) in [5, 5.41) is 7.18. The lowest BCUT2D eigenvalue weighted by Gasteiger charge is -2.18. The summed E-state index contributed by atoms with van der Waals surface area (Å²) < 4.78 is 33.9. The van der Waals surface area contributed by atoms with Crippen molar-refractivity contribution in [3.05, 3.63) is 35.5 Å². The lowest BCUT2D eigenvalue weighted by molar-refractivity contribution is -0.122. The van der Waals surface area contributed by atoms with Gasteiger partial charge in [0.2, 0.25) is 15.9 Å². The van der Waals surface area contributed by atoms with E-state index in [1.54, 1.807) is 26.0 Å². The van der Waals surface area contributed by atoms with Crippen LogP contribution in [0.5, 0.6) is 0 Å². The van der Waals surface area contributed by atoms with E-state index < -0.39 is 10.0 Å². The van der Waals surface area contributed by atoms with E-state index in [2.05, 4.69) is 10.4 Å². The number of rotatable bonds is 8.